The van der Waals surface area contributed by atoms with Gasteiger partial charge in [-0.15, -0.1) is 24.9 Å². The molecule has 1 spiro atoms. The minimum Gasteiger partial charge on any atom is -0.494 e. The summed E-state index contributed by atoms with van der Waals surface area (Å²) >= 11 is 1.66. The molecular formula is C36H45N3O5S. The van der Waals surface area contributed by atoms with Gasteiger partial charge in [0, 0.05) is 42.9 Å². The highest BCUT2D eigenvalue weighted by Crippen LogP contribution is 2.69. The van der Waals surface area contributed by atoms with Crippen LogP contribution in [0.25, 0.3) is 0 Å². The number of carbonyl (C=O) groups excluding carboxylic acids is 3. The summed E-state index contributed by atoms with van der Waals surface area (Å²) < 4.78 is 4.83. The van der Waals surface area contributed by atoms with Gasteiger partial charge in [0.2, 0.25) is 11.8 Å². The number of benzene rings is 2. The van der Waals surface area contributed by atoms with Crippen molar-refractivity contribution >= 4 is 40.9 Å². The third-order valence-corrected chi connectivity index (χ3v) is 11.7. The van der Waals surface area contributed by atoms with Crippen LogP contribution in [0.2, 0.25) is 0 Å². The predicted octanol–water partition coefficient (Wildman–Crippen LogP) is 5.16. The fraction of sp³-hybridized carbons (Fsp3) is 0.472. The quantitative estimate of drug-likeness (QED) is 0.307. The lowest BCUT2D eigenvalue weighted by atomic mass is 9.65. The number of amides is 3. The number of hydrogen-bond donors (Lipinski definition) is 1. The Kier molecular flexibility index (Phi) is 9.80. The number of aliphatic hydroxyl groups is 1. The van der Waals surface area contributed by atoms with E-state index in [0.717, 1.165) is 29.0 Å². The smallest absolute Gasteiger partial charge is 0.251 e. The standard InChI is InChI=1S/C36H45N3O5S/c1-7-17-37(26-13-15-27(16-14-26)44-9-3)33(41)30-29-22-25(6)36(45-29)31(30)34(42)39(19-10-20-40)32(36)35(43)38(18-8-2)28-21-23(4)11-12-24(28)5/h7-8,11-16,21,25,29-32,40H,1-2,9-10,17-20,22H2,3-6H3/t25?,29-,30+,31-,32?,36?/m0/s1. The number of anilines is 2. The number of aliphatic hydroxyl groups excluding tert-OH is 1. The molecule has 1 N–H and O–H groups in total. The molecular weight excluding hydrogens is 586 g/mol. The number of hydrogen-bond acceptors (Lipinski definition) is 6. The first-order valence-electron chi connectivity index (χ1n) is 15.9. The summed E-state index contributed by atoms with van der Waals surface area (Å²) in [6, 6.07) is 12.6. The van der Waals surface area contributed by atoms with Crippen molar-refractivity contribution in [3.05, 3.63) is 78.9 Å². The van der Waals surface area contributed by atoms with Gasteiger partial charge in [-0.05, 0) is 81.0 Å². The van der Waals surface area contributed by atoms with Crippen LogP contribution in [-0.4, -0.2) is 76.6 Å². The fourth-order valence-corrected chi connectivity index (χ4v) is 10.1. The number of aryl methyl sites for hydroxylation is 2. The van der Waals surface area contributed by atoms with Gasteiger partial charge >= 0.3 is 0 Å². The summed E-state index contributed by atoms with van der Waals surface area (Å²) in [7, 11) is 0. The molecule has 0 aromatic heterocycles. The van der Waals surface area contributed by atoms with Crippen molar-refractivity contribution < 1.29 is 24.2 Å². The highest BCUT2D eigenvalue weighted by Gasteiger charge is 2.76. The van der Waals surface area contributed by atoms with E-state index in [-0.39, 0.29) is 48.6 Å². The van der Waals surface area contributed by atoms with Gasteiger partial charge in [-0.1, -0.05) is 31.2 Å². The summed E-state index contributed by atoms with van der Waals surface area (Å²) in [4.78, 5) is 49.2. The number of ether oxygens (including phenoxy) is 1. The molecule has 3 unspecified atom stereocenters. The Morgan fingerprint density at radius 2 is 1.78 bits per heavy atom. The van der Waals surface area contributed by atoms with E-state index in [4.69, 9.17) is 4.74 Å². The molecule has 2 aromatic rings. The molecule has 3 aliphatic rings. The van der Waals surface area contributed by atoms with E-state index in [1.165, 1.54) is 0 Å². The van der Waals surface area contributed by atoms with Crippen LogP contribution in [0.3, 0.4) is 0 Å². The maximum absolute atomic E-state index is 14.9. The Morgan fingerprint density at radius 1 is 1.09 bits per heavy atom. The molecule has 6 atom stereocenters. The van der Waals surface area contributed by atoms with Crippen molar-refractivity contribution in [1.82, 2.24) is 4.90 Å². The van der Waals surface area contributed by atoms with Gasteiger partial charge < -0.3 is 24.5 Å². The van der Waals surface area contributed by atoms with Crippen LogP contribution in [0.1, 0.15) is 37.8 Å². The molecule has 0 saturated carbocycles. The molecule has 2 aromatic carbocycles. The Morgan fingerprint density at radius 3 is 2.42 bits per heavy atom. The fourth-order valence-electron chi connectivity index (χ4n) is 7.68. The zero-order valence-corrected chi connectivity index (χ0v) is 27.6. The Labute approximate surface area is 271 Å². The van der Waals surface area contributed by atoms with E-state index in [9.17, 15) is 19.5 Å². The minimum absolute atomic E-state index is 0.0288. The van der Waals surface area contributed by atoms with Crippen molar-refractivity contribution in [1.29, 1.82) is 0 Å². The predicted molar refractivity (Wildman–Crippen MR) is 181 cm³/mol. The second kappa shape index (κ2) is 13.4. The van der Waals surface area contributed by atoms with Gasteiger partial charge in [-0.3, -0.25) is 14.4 Å². The number of fused-ring (bicyclic) bond motifs is 1. The van der Waals surface area contributed by atoms with Crippen LogP contribution in [0.15, 0.2) is 67.8 Å². The SMILES string of the molecule is C=CCN(C(=O)[C@@H]1[C@@H]2CC(C)C3(S2)C(C(=O)N(CC=C)c2cc(C)ccc2C)N(CCCO)C(=O)[C@H]13)c1ccc(OCC)cc1. The summed E-state index contributed by atoms with van der Waals surface area (Å²) in [5, 5.41) is 9.68. The molecule has 5 rings (SSSR count). The molecule has 3 amide bonds. The number of thioether (sulfide) groups is 1. The summed E-state index contributed by atoms with van der Waals surface area (Å²) in [5.74, 6) is -0.969. The molecule has 2 bridgehead atoms. The Balaban J connectivity index is 1.57. The van der Waals surface area contributed by atoms with Gasteiger partial charge in [0.15, 0.2) is 0 Å². The lowest BCUT2D eigenvalue weighted by Crippen LogP contribution is -2.58. The molecule has 3 fully saturated rings. The van der Waals surface area contributed by atoms with Crippen LogP contribution in [0.4, 0.5) is 11.4 Å². The van der Waals surface area contributed by atoms with E-state index in [2.05, 4.69) is 20.1 Å². The summed E-state index contributed by atoms with van der Waals surface area (Å²) in [6.07, 6.45) is 4.49. The van der Waals surface area contributed by atoms with E-state index < -0.39 is 22.6 Å². The lowest BCUT2D eigenvalue weighted by molar-refractivity contribution is -0.139. The molecule has 3 aliphatic heterocycles. The van der Waals surface area contributed by atoms with E-state index >= 15 is 0 Å². The first-order valence-corrected chi connectivity index (χ1v) is 16.8. The van der Waals surface area contributed by atoms with Crippen molar-refractivity contribution in [2.75, 3.05) is 42.6 Å². The first kappa shape index (κ1) is 32.8. The van der Waals surface area contributed by atoms with E-state index in [1.54, 1.807) is 38.6 Å². The Hall–Kier alpha value is -3.56. The number of nitrogens with zero attached hydrogens (tertiary/aromatic N) is 3. The lowest BCUT2D eigenvalue weighted by Gasteiger charge is -2.41. The highest BCUT2D eigenvalue weighted by atomic mass is 32.2. The zero-order chi connectivity index (χ0) is 32.5. The second-order valence-electron chi connectivity index (χ2n) is 12.4. The summed E-state index contributed by atoms with van der Waals surface area (Å²) in [5.41, 5.74) is 3.48. The largest absolute Gasteiger partial charge is 0.494 e. The molecule has 0 radical (unpaired) electrons. The van der Waals surface area contributed by atoms with Crippen molar-refractivity contribution in [2.24, 2.45) is 17.8 Å². The van der Waals surface area contributed by atoms with Crippen LogP contribution in [0, 0.1) is 31.6 Å². The van der Waals surface area contributed by atoms with Gasteiger partial charge in [0.05, 0.1) is 23.2 Å². The topological polar surface area (TPSA) is 90.4 Å². The minimum atomic E-state index is -0.775. The van der Waals surface area contributed by atoms with Crippen molar-refractivity contribution in [2.45, 2.75) is 56.6 Å². The first-order chi connectivity index (χ1) is 21.6. The monoisotopic (exact) mass is 631 g/mol. The van der Waals surface area contributed by atoms with E-state index in [1.807, 2.05) is 63.2 Å². The second-order valence-corrected chi connectivity index (χ2v) is 13.9. The molecule has 8 nitrogen and oxygen atoms in total. The van der Waals surface area contributed by atoms with Gasteiger partial charge in [-0.2, -0.15) is 0 Å². The normalized spacial score (nSPS) is 26.5. The molecule has 3 saturated heterocycles. The number of carbonyl (C=O) groups is 3. The van der Waals surface area contributed by atoms with Crippen LogP contribution in [-0.2, 0) is 14.4 Å². The van der Waals surface area contributed by atoms with Crippen molar-refractivity contribution in [3.8, 4) is 5.75 Å². The highest BCUT2D eigenvalue weighted by molar-refractivity contribution is 8.02. The van der Waals surface area contributed by atoms with Crippen LogP contribution >= 0.6 is 11.8 Å². The van der Waals surface area contributed by atoms with E-state index in [0.29, 0.717) is 25.3 Å². The van der Waals surface area contributed by atoms with Gasteiger partial charge in [0.1, 0.15) is 11.8 Å². The average molecular weight is 632 g/mol. The molecule has 9 heteroatoms. The molecule has 240 valence electrons. The molecule has 0 aliphatic carbocycles. The van der Waals surface area contributed by atoms with Crippen LogP contribution < -0.4 is 14.5 Å². The molecule has 45 heavy (non-hydrogen) atoms. The number of likely N-dealkylation sites (tertiary alicyclic amines) is 1. The zero-order valence-electron chi connectivity index (χ0n) is 26.8. The Bertz CT molecular complexity index is 1460. The summed E-state index contributed by atoms with van der Waals surface area (Å²) in [6.45, 7) is 17.1. The third-order valence-electron chi connectivity index (χ3n) is 9.59. The molecule has 3 heterocycles. The maximum atomic E-state index is 14.9. The average Bonchev–Trinajstić information content (AvgIpc) is 3.62. The number of rotatable bonds is 13. The van der Waals surface area contributed by atoms with Gasteiger partial charge in [0.25, 0.3) is 5.91 Å². The van der Waals surface area contributed by atoms with Crippen LogP contribution in [0.5, 0.6) is 5.75 Å². The maximum Gasteiger partial charge on any atom is 0.251 e. The third kappa shape index (κ3) is 5.58. The van der Waals surface area contributed by atoms with Crippen molar-refractivity contribution in [3.63, 3.8) is 0 Å². The van der Waals surface area contributed by atoms with Gasteiger partial charge in [-0.25, -0.2) is 0 Å².